The number of carbonyl (C=O) groups excluding carboxylic acids is 1. The monoisotopic (exact) mass is 344 g/mol. The summed E-state index contributed by atoms with van der Waals surface area (Å²) in [5, 5.41) is 9.59. The zero-order chi connectivity index (χ0) is 17.8. The summed E-state index contributed by atoms with van der Waals surface area (Å²) in [7, 11) is 1.90. The molecule has 1 aliphatic heterocycles. The molecular weight excluding hydrogens is 316 g/mol. The first-order valence-corrected chi connectivity index (χ1v) is 9.32. The Morgan fingerprint density at radius 3 is 2.44 bits per heavy atom. The molecule has 0 unspecified atom stereocenters. The highest BCUT2D eigenvalue weighted by Crippen LogP contribution is 2.33. The fraction of sp³-hybridized carbons (Fsp3) is 0.600. The van der Waals surface area contributed by atoms with Crippen LogP contribution in [0.1, 0.15) is 43.6 Å². The Labute approximate surface area is 149 Å². The standard InChI is InChI=1S/C20H28N2O3/c1-21(16-10-6-3-7-11-16)19(23)14-22-12-17(18(13-22)20(24)25)15-8-4-2-5-9-15/h2,4-5,8-9,16-18H,3,6-7,10-14H2,1H3,(H,24,25)/t17-,18+/m1/s1. The number of hydrogen-bond acceptors (Lipinski definition) is 3. The maximum atomic E-state index is 12.7. The fourth-order valence-electron chi connectivity index (χ4n) is 4.28. The normalized spacial score (nSPS) is 25.0. The fourth-order valence-corrected chi connectivity index (χ4v) is 4.28. The van der Waals surface area contributed by atoms with Crippen molar-refractivity contribution < 1.29 is 14.7 Å². The van der Waals surface area contributed by atoms with Crippen LogP contribution >= 0.6 is 0 Å². The van der Waals surface area contributed by atoms with Crippen molar-refractivity contribution in [3.63, 3.8) is 0 Å². The molecule has 1 heterocycles. The molecule has 1 amide bonds. The molecule has 2 atom stereocenters. The molecule has 1 aliphatic carbocycles. The smallest absolute Gasteiger partial charge is 0.308 e. The van der Waals surface area contributed by atoms with Crippen molar-refractivity contribution in [2.45, 2.75) is 44.1 Å². The van der Waals surface area contributed by atoms with Gasteiger partial charge in [0.25, 0.3) is 0 Å². The maximum Gasteiger partial charge on any atom is 0.308 e. The van der Waals surface area contributed by atoms with Gasteiger partial charge in [0.2, 0.25) is 5.91 Å². The van der Waals surface area contributed by atoms with Crippen LogP contribution in [0, 0.1) is 5.92 Å². The number of rotatable bonds is 5. The number of likely N-dealkylation sites (tertiary alicyclic amines) is 1. The largest absolute Gasteiger partial charge is 0.481 e. The van der Waals surface area contributed by atoms with Crippen LogP contribution in [0.2, 0.25) is 0 Å². The lowest BCUT2D eigenvalue weighted by atomic mass is 9.89. The first kappa shape index (κ1) is 17.9. The molecule has 5 heteroatoms. The number of nitrogens with zero attached hydrogens (tertiary/aromatic N) is 2. The molecular formula is C20H28N2O3. The minimum Gasteiger partial charge on any atom is -0.481 e. The first-order valence-electron chi connectivity index (χ1n) is 9.32. The zero-order valence-corrected chi connectivity index (χ0v) is 14.9. The van der Waals surface area contributed by atoms with Crippen molar-refractivity contribution in [2.75, 3.05) is 26.7 Å². The molecule has 0 radical (unpaired) electrons. The van der Waals surface area contributed by atoms with Gasteiger partial charge in [-0.25, -0.2) is 0 Å². The van der Waals surface area contributed by atoms with E-state index < -0.39 is 11.9 Å². The van der Waals surface area contributed by atoms with Gasteiger partial charge in [0, 0.05) is 32.1 Å². The van der Waals surface area contributed by atoms with E-state index >= 15 is 0 Å². The Balaban J connectivity index is 1.63. The highest BCUT2D eigenvalue weighted by molar-refractivity contribution is 5.79. The Morgan fingerprint density at radius 1 is 1.12 bits per heavy atom. The summed E-state index contributed by atoms with van der Waals surface area (Å²) in [6, 6.07) is 10.1. The first-order chi connectivity index (χ1) is 12.1. The van der Waals surface area contributed by atoms with Crippen molar-refractivity contribution in [3.05, 3.63) is 35.9 Å². The van der Waals surface area contributed by atoms with Crippen molar-refractivity contribution >= 4 is 11.9 Å². The van der Waals surface area contributed by atoms with Crippen molar-refractivity contribution in [1.29, 1.82) is 0 Å². The molecule has 1 aromatic carbocycles. The molecule has 0 bridgehead atoms. The summed E-state index contributed by atoms with van der Waals surface area (Å²) in [6.45, 7) is 1.39. The second kappa shape index (κ2) is 8.00. The van der Waals surface area contributed by atoms with Crippen LogP contribution in [0.3, 0.4) is 0 Å². The average Bonchev–Trinajstić information content (AvgIpc) is 3.06. The van der Waals surface area contributed by atoms with E-state index in [0.29, 0.717) is 25.7 Å². The Bertz CT molecular complexity index is 598. The van der Waals surface area contributed by atoms with Gasteiger partial charge in [-0.3, -0.25) is 14.5 Å². The second-order valence-corrected chi connectivity index (χ2v) is 7.45. The molecule has 2 fully saturated rings. The number of aliphatic carboxylic acids is 1. The van der Waals surface area contributed by atoms with Crippen LogP contribution in [0.25, 0.3) is 0 Å². The van der Waals surface area contributed by atoms with Crippen LogP contribution < -0.4 is 0 Å². The number of hydrogen-bond donors (Lipinski definition) is 1. The summed E-state index contributed by atoms with van der Waals surface area (Å²) < 4.78 is 0. The Hall–Kier alpha value is -1.88. The zero-order valence-electron chi connectivity index (χ0n) is 14.9. The highest BCUT2D eigenvalue weighted by Gasteiger charge is 2.39. The number of carboxylic acids is 1. The van der Waals surface area contributed by atoms with Gasteiger partial charge in [0.05, 0.1) is 12.5 Å². The lowest BCUT2D eigenvalue weighted by Gasteiger charge is -2.32. The van der Waals surface area contributed by atoms with E-state index in [-0.39, 0.29) is 11.8 Å². The number of benzene rings is 1. The number of likely N-dealkylation sites (N-methyl/N-ethyl adjacent to an activating group) is 1. The highest BCUT2D eigenvalue weighted by atomic mass is 16.4. The molecule has 1 saturated heterocycles. The van der Waals surface area contributed by atoms with E-state index in [0.717, 1.165) is 18.4 Å². The van der Waals surface area contributed by atoms with Gasteiger partial charge in [-0.15, -0.1) is 0 Å². The molecule has 5 nitrogen and oxygen atoms in total. The average molecular weight is 344 g/mol. The topological polar surface area (TPSA) is 60.9 Å². The molecule has 25 heavy (non-hydrogen) atoms. The van der Waals surface area contributed by atoms with Crippen LogP contribution in [-0.4, -0.2) is 59.5 Å². The van der Waals surface area contributed by atoms with Crippen LogP contribution in [0.5, 0.6) is 0 Å². The predicted molar refractivity (Wildman–Crippen MR) is 96.4 cm³/mol. The summed E-state index contributed by atoms with van der Waals surface area (Å²) in [5.41, 5.74) is 1.05. The summed E-state index contributed by atoms with van der Waals surface area (Å²) in [6.07, 6.45) is 5.84. The summed E-state index contributed by atoms with van der Waals surface area (Å²) in [4.78, 5) is 28.2. The van der Waals surface area contributed by atoms with Gasteiger partial charge in [-0.05, 0) is 18.4 Å². The van der Waals surface area contributed by atoms with Crippen LogP contribution in [0.15, 0.2) is 30.3 Å². The van der Waals surface area contributed by atoms with E-state index in [1.165, 1.54) is 19.3 Å². The molecule has 1 aromatic rings. The van der Waals surface area contributed by atoms with E-state index in [1.807, 2.05) is 47.2 Å². The van der Waals surface area contributed by atoms with Gasteiger partial charge < -0.3 is 10.0 Å². The van der Waals surface area contributed by atoms with Gasteiger partial charge in [0.1, 0.15) is 0 Å². The van der Waals surface area contributed by atoms with Crippen molar-refractivity contribution in [1.82, 2.24) is 9.80 Å². The SMILES string of the molecule is CN(C(=O)CN1C[C@H](C(=O)O)[C@@H](c2ccccc2)C1)C1CCCCC1. The van der Waals surface area contributed by atoms with E-state index in [4.69, 9.17) is 0 Å². The third-order valence-corrected chi connectivity index (χ3v) is 5.82. The third-order valence-electron chi connectivity index (χ3n) is 5.82. The van der Waals surface area contributed by atoms with E-state index in [1.54, 1.807) is 0 Å². The quantitative estimate of drug-likeness (QED) is 0.892. The molecule has 136 valence electrons. The van der Waals surface area contributed by atoms with Gasteiger partial charge >= 0.3 is 5.97 Å². The van der Waals surface area contributed by atoms with Crippen LogP contribution in [0.4, 0.5) is 0 Å². The molecule has 1 saturated carbocycles. The van der Waals surface area contributed by atoms with Gasteiger partial charge in [0.15, 0.2) is 0 Å². The molecule has 0 spiro atoms. The second-order valence-electron chi connectivity index (χ2n) is 7.45. The summed E-state index contributed by atoms with van der Waals surface area (Å²) in [5.74, 6) is -1.16. The summed E-state index contributed by atoms with van der Waals surface area (Å²) >= 11 is 0. The van der Waals surface area contributed by atoms with Gasteiger partial charge in [-0.2, -0.15) is 0 Å². The lowest BCUT2D eigenvalue weighted by Crippen LogP contribution is -2.43. The predicted octanol–water partition coefficient (Wildman–Crippen LogP) is 2.58. The van der Waals surface area contributed by atoms with Crippen molar-refractivity contribution in [2.24, 2.45) is 5.92 Å². The molecule has 1 N–H and O–H groups in total. The number of amides is 1. The minimum atomic E-state index is -0.774. The van der Waals surface area contributed by atoms with Crippen molar-refractivity contribution in [3.8, 4) is 0 Å². The molecule has 3 rings (SSSR count). The number of carboxylic acid groups (broad SMARTS) is 1. The Kier molecular flexibility index (Phi) is 5.74. The maximum absolute atomic E-state index is 12.7. The van der Waals surface area contributed by atoms with E-state index in [9.17, 15) is 14.7 Å². The third kappa shape index (κ3) is 4.21. The number of carbonyl (C=O) groups is 2. The molecule has 0 aromatic heterocycles. The lowest BCUT2D eigenvalue weighted by molar-refractivity contribution is -0.142. The van der Waals surface area contributed by atoms with E-state index in [2.05, 4.69) is 0 Å². The molecule has 2 aliphatic rings. The minimum absolute atomic E-state index is 0.0495. The van der Waals surface area contributed by atoms with Crippen LogP contribution in [-0.2, 0) is 9.59 Å². The Morgan fingerprint density at radius 2 is 1.80 bits per heavy atom. The van der Waals surface area contributed by atoms with Gasteiger partial charge in [-0.1, -0.05) is 49.6 Å².